The van der Waals surface area contributed by atoms with E-state index in [9.17, 15) is 9.59 Å². The van der Waals surface area contributed by atoms with E-state index in [1.165, 1.54) is 40.6 Å². The van der Waals surface area contributed by atoms with Crippen molar-refractivity contribution in [2.75, 3.05) is 18.2 Å². The first-order chi connectivity index (χ1) is 19.8. The number of rotatable bonds is 9. The molecule has 1 amide bonds. The van der Waals surface area contributed by atoms with Gasteiger partial charge in [-0.25, -0.2) is 4.79 Å². The summed E-state index contributed by atoms with van der Waals surface area (Å²) in [7, 11) is 1.34. The van der Waals surface area contributed by atoms with Gasteiger partial charge in [0.1, 0.15) is 10.6 Å². The summed E-state index contributed by atoms with van der Waals surface area (Å²) < 4.78 is 7.09. The second kappa shape index (κ2) is 12.4. The Hall–Kier alpha value is -3.73. The molecular formula is C31H30N4O3S3. The number of nitrogens with one attached hydrogen (secondary N) is 1. The zero-order valence-electron chi connectivity index (χ0n) is 23.5. The third-order valence-corrected chi connectivity index (χ3v) is 9.49. The molecule has 0 atom stereocenters. The Bertz CT molecular complexity index is 1700. The van der Waals surface area contributed by atoms with Crippen LogP contribution in [-0.2, 0) is 16.1 Å². The van der Waals surface area contributed by atoms with Crippen LogP contribution in [0.4, 0.5) is 5.00 Å². The lowest BCUT2D eigenvalue weighted by molar-refractivity contribution is -0.113. The summed E-state index contributed by atoms with van der Waals surface area (Å²) in [5, 5.41) is 17.0. The molecule has 0 spiro atoms. The van der Waals surface area contributed by atoms with Gasteiger partial charge in [0.05, 0.1) is 12.9 Å². The van der Waals surface area contributed by atoms with Crippen LogP contribution in [0.1, 0.15) is 33.3 Å². The maximum Gasteiger partial charge on any atom is 0.341 e. The van der Waals surface area contributed by atoms with Crippen molar-refractivity contribution in [3.05, 3.63) is 80.9 Å². The molecular weight excluding hydrogens is 573 g/mol. The molecule has 0 saturated heterocycles. The minimum Gasteiger partial charge on any atom is -0.465 e. The van der Waals surface area contributed by atoms with Crippen LogP contribution < -0.4 is 5.32 Å². The van der Waals surface area contributed by atoms with Crippen LogP contribution in [0.3, 0.4) is 0 Å². The number of benzene rings is 2. The van der Waals surface area contributed by atoms with Crippen molar-refractivity contribution in [1.82, 2.24) is 14.8 Å². The molecule has 10 heteroatoms. The van der Waals surface area contributed by atoms with Crippen molar-refractivity contribution in [2.45, 2.75) is 39.4 Å². The van der Waals surface area contributed by atoms with Crippen LogP contribution in [0, 0.1) is 20.8 Å². The van der Waals surface area contributed by atoms with Crippen LogP contribution in [-0.4, -0.2) is 39.5 Å². The summed E-state index contributed by atoms with van der Waals surface area (Å²) in [5.41, 5.74) is 7.65. The van der Waals surface area contributed by atoms with Crippen molar-refractivity contribution in [3.8, 4) is 33.6 Å². The maximum absolute atomic E-state index is 13.1. The predicted octanol–water partition coefficient (Wildman–Crippen LogP) is 7.86. The Labute approximate surface area is 251 Å². The number of amides is 1. The molecule has 3 aromatic heterocycles. The van der Waals surface area contributed by atoms with Crippen LogP contribution in [0.25, 0.3) is 33.6 Å². The first-order valence-corrected chi connectivity index (χ1v) is 15.8. The number of methoxy groups -OCH3 is 1. The Balaban J connectivity index is 1.35. The second-order valence-electron chi connectivity index (χ2n) is 9.54. The highest BCUT2D eigenvalue weighted by atomic mass is 32.2. The number of esters is 1. The van der Waals surface area contributed by atoms with Gasteiger partial charge in [0.15, 0.2) is 11.0 Å². The fourth-order valence-electron chi connectivity index (χ4n) is 4.57. The summed E-state index contributed by atoms with van der Waals surface area (Å²) in [6.45, 7) is 8.91. The van der Waals surface area contributed by atoms with Crippen molar-refractivity contribution >= 4 is 51.3 Å². The molecule has 0 radical (unpaired) electrons. The van der Waals surface area contributed by atoms with E-state index < -0.39 is 5.97 Å². The van der Waals surface area contributed by atoms with E-state index in [0.717, 1.165) is 39.2 Å². The number of thioether (sulfide) groups is 1. The Morgan fingerprint density at radius 3 is 2.17 bits per heavy atom. The fourth-order valence-corrected chi connectivity index (χ4v) is 7.21. The number of hydrogen-bond acceptors (Lipinski definition) is 8. The smallest absolute Gasteiger partial charge is 0.341 e. The molecule has 210 valence electrons. The molecule has 0 saturated carbocycles. The molecule has 3 heterocycles. The van der Waals surface area contributed by atoms with E-state index in [-0.39, 0.29) is 11.7 Å². The molecule has 0 aliphatic rings. The fraction of sp³-hybridized carbons (Fsp3) is 0.226. The predicted molar refractivity (Wildman–Crippen MR) is 169 cm³/mol. The largest absolute Gasteiger partial charge is 0.465 e. The maximum atomic E-state index is 13.1. The van der Waals surface area contributed by atoms with E-state index in [1.54, 1.807) is 11.3 Å². The van der Waals surface area contributed by atoms with Crippen LogP contribution >= 0.6 is 34.4 Å². The number of anilines is 1. The van der Waals surface area contributed by atoms with Gasteiger partial charge >= 0.3 is 5.97 Å². The molecule has 0 bridgehead atoms. The number of ether oxygens (including phenoxy) is 1. The summed E-state index contributed by atoms with van der Waals surface area (Å²) in [4.78, 5) is 27.0. The topological polar surface area (TPSA) is 86.1 Å². The second-order valence-corrected chi connectivity index (χ2v) is 12.5. The minimum atomic E-state index is -0.490. The lowest BCUT2D eigenvalue weighted by Gasteiger charge is -2.10. The number of thiophene rings is 2. The zero-order valence-corrected chi connectivity index (χ0v) is 25.9. The molecule has 5 rings (SSSR count). The highest BCUT2D eigenvalue weighted by molar-refractivity contribution is 7.99. The van der Waals surface area contributed by atoms with Crippen molar-refractivity contribution in [1.29, 1.82) is 0 Å². The monoisotopic (exact) mass is 602 g/mol. The van der Waals surface area contributed by atoms with E-state index in [4.69, 9.17) is 4.74 Å². The van der Waals surface area contributed by atoms with Crippen molar-refractivity contribution in [2.24, 2.45) is 0 Å². The van der Waals surface area contributed by atoms with Gasteiger partial charge in [-0.3, -0.25) is 4.79 Å². The lowest BCUT2D eigenvalue weighted by Crippen LogP contribution is -2.16. The van der Waals surface area contributed by atoms with Gasteiger partial charge in [-0.1, -0.05) is 71.4 Å². The first kappa shape index (κ1) is 28.8. The molecule has 0 fully saturated rings. The van der Waals surface area contributed by atoms with Crippen molar-refractivity contribution < 1.29 is 14.3 Å². The molecule has 0 unspecified atom stereocenters. The molecule has 41 heavy (non-hydrogen) atoms. The number of aryl methyl sites for hydroxylation is 3. The average Bonchev–Trinajstić information content (AvgIpc) is 3.68. The SMILES string of the molecule is CCn1c(SCC(=O)Nc2scc(-c3ccc(C)cc3)c2C(=O)OC)nnc1-c1csc(C)c1-c1ccc(C)cc1. The third kappa shape index (κ3) is 6.00. The number of carbonyl (C=O) groups excluding carboxylic acids is 2. The van der Waals surface area contributed by atoms with Gasteiger partial charge in [-0.05, 0) is 38.8 Å². The van der Waals surface area contributed by atoms with Crippen LogP contribution in [0.15, 0.2) is 64.4 Å². The van der Waals surface area contributed by atoms with Crippen molar-refractivity contribution in [3.63, 3.8) is 0 Å². The normalized spacial score (nSPS) is 11.0. The molecule has 5 aromatic rings. The average molecular weight is 603 g/mol. The molecule has 7 nitrogen and oxygen atoms in total. The molecule has 1 N–H and O–H groups in total. The highest BCUT2D eigenvalue weighted by Gasteiger charge is 2.24. The first-order valence-electron chi connectivity index (χ1n) is 13.1. The summed E-state index contributed by atoms with van der Waals surface area (Å²) in [5.74, 6) is 0.167. The molecule has 2 aromatic carbocycles. The highest BCUT2D eigenvalue weighted by Crippen LogP contribution is 2.40. The van der Waals surface area contributed by atoms with Gasteiger partial charge in [0, 0.05) is 38.9 Å². The Kier molecular flexibility index (Phi) is 8.72. The standard InChI is InChI=1S/C31H30N4O3S3/c1-6-35-28(24-16-39-20(4)26(24)22-13-9-19(3)10-14-22)33-34-31(35)41-17-25(36)32-29-27(30(37)38-5)23(15-40-29)21-11-7-18(2)8-12-21/h7-16H,6,17H2,1-5H3,(H,32,36). The number of hydrogen-bond donors (Lipinski definition) is 1. The number of carbonyl (C=O) groups is 2. The summed E-state index contributed by atoms with van der Waals surface area (Å²) in [6, 6.07) is 16.4. The summed E-state index contributed by atoms with van der Waals surface area (Å²) in [6.07, 6.45) is 0. The van der Waals surface area contributed by atoms with Crippen LogP contribution in [0.2, 0.25) is 0 Å². The van der Waals surface area contributed by atoms with E-state index in [2.05, 4.69) is 59.0 Å². The summed E-state index contributed by atoms with van der Waals surface area (Å²) >= 11 is 4.32. The Morgan fingerprint density at radius 2 is 1.54 bits per heavy atom. The van der Waals surface area contributed by atoms with Gasteiger partial charge in [-0.2, -0.15) is 0 Å². The Morgan fingerprint density at radius 1 is 0.902 bits per heavy atom. The third-order valence-electron chi connectivity index (χ3n) is 6.72. The van der Waals surface area contributed by atoms with Crippen LogP contribution in [0.5, 0.6) is 0 Å². The van der Waals surface area contributed by atoms with Gasteiger partial charge in [-0.15, -0.1) is 32.9 Å². The molecule has 0 aliphatic carbocycles. The zero-order chi connectivity index (χ0) is 29.1. The van der Waals surface area contributed by atoms with Gasteiger partial charge < -0.3 is 14.6 Å². The van der Waals surface area contributed by atoms with E-state index >= 15 is 0 Å². The van der Waals surface area contributed by atoms with E-state index in [0.29, 0.717) is 22.3 Å². The quantitative estimate of drug-likeness (QED) is 0.137. The minimum absolute atomic E-state index is 0.115. The number of aromatic nitrogens is 3. The van der Waals surface area contributed by atoms with E-state index in [1.807, 2.05) is 48.1 Å². The van der Waals surface area contributed by atoms with Gasteiger partial charge in [0.2, 0.25) is 5.91 Å². The number of nitrogens with zero attached hydrogens (tertiary/aromatic N) is 3. The van der Waals surface area contributed by atoms with Gasteiger partial charge in [0.25, 0.3) is 0 Å². The molecule has 0 aliphatic heterocycles. The lowest BCUT2D eigenvalue weighted by atomic mass is 10.0.